The second-order valence-corrected chi connectivity index (χ2v) is 6.90. The number of rotatable bonds is 6. The summed E-state index contributed by atoms with van der Waals surface area (Å²) in [5.41, 5.74) is 2.69. The Kier molecular flexibility index (Phi) is 6.58. The minimum Gasteiger partial charge on any atom is -0.374 e. The summed E-state index contributed by atoms with van der Waals surface area (Å²) < 4.78 is 0.974. The molecule has 0 aliphatic rings. The molecule has 0 aromatic heterocycles. The number of carbonyl (C=O) groups excluding carboxylic acids is 2. The van der Waals surface area contributed by atoms with Gasteiger partial charge >= 0.3 is 0 Å². The highest BCUT2D eigenvalue weighted by Crippen LogP contribution is 2.15. The highest BCUT2D eigenvalue weighted by atomic mass is 79.9. The van der Waals surface area contributed by atoms with Gasteiger partial charge in [-0.2, -0.15) is 0 Å². The molecule has 1 atom stereocenters. The van der Waals surface area contributed by atoms with Gasteiger partial charge in [0.2, 0.25) is 11.8 Å². The number of halogens is 1. The first kappa shape index (κ1) is 19.0. The SMILES string of the molecule is Cc1ccc(NC(=O)CN(C)C(=O)[C@H](C)Nc2ccc(Br)cc2)cc1. The third-order valence-corrected chi connectivity index (χ3v) is 4.22. The summed E-state index contributed by atoms with van der Waals surface area (Å²) in [6.07, 6.45) is 0. The summed E-state index contributed by atoms with van der Waals surface area (Å²) in [6.45, 7) is 3.76. The molecule has 5 nitrogen and oxygen atoms in total. The molecule has 25 heavy (non-hydrogen) atoms. The van der Waals surface area contributed by atoms with E-state index in [1.165, 1.54) is 4.90 Å². The summed E-state index contributed by atoms with van der Waals surface area (Å²) in [5.74, 6) is -0.377. The Morgan fingerprint density at radius 1 is 1.04 bits per heavy atom. The van der Waals surface area contributed by atoms with Crippen molar-refractivity contribution in [1.29, 1.82) is 0 Å². The van der Waals surface area contributed by atoms with Gasteiger partial charge < -0.3 is 15.5 Å². The zero-order chi connectivity index (χ0) is 18.4. The molecule has 0 heterocycles. The molecule has 0 fully saturated rings. The predicted molar refractivity (Wildman–Crippen MR) is 105 cm³/mol. The first-order valence-electron chi connectivity index (χ1n) is 7.99. The van der Waals surface area contributed by atoms with Gasteiger partial charge in [-0.1, -0.05) is 33.6 Å². The molecule has 0 bridgehead atoms. The van der Waals surface area contributed by atoms with E-state index in [1.807, 2.05) is 55.5 Å². The number of likely N-dealkylation sites (N-methyl/N-ethyl adjacent to an activating group) is 1. The van der Waals surface area contributed by atoms with Crippen molar-refractivity contribution >= 4 is 39.1 Å². The van der Waals surface area contributed by atoms with Crippen LogP contribution in [-0.4, -0.2) is 36.3 Å². The number of hydrogen-bond donors (Lipinski definition) is 2. The Labute approximate surface area is 156 Å². The summed E-state index contributed by atoms with van der Waals surface area (Å²) in [7, 11) is 1.62. The molecule has 2 amide bonds. The van der Waals surface area contributed by atoms with Gasteiger partial charge in [0.05, 0.1) is 6.54 Å². The van der Waals surface area contributed by atoms with Crippen LogP contribution in [0, 0.1) is 6.92 Å². The second kappa shape index (κ2) is 8.67. The fraction of sp³-hybridized carbons (Fsp3) is 0.263. The topological polar surface area (TPSA) is 61.4 Å². The Balaban J connectivity index is 1.86. The molecule has 2 aromatic rings. The van der Waals surface area contributed by atoms with Gasteiger partial charge in [-0.15, -0.1) is 0 Å². The van der Waals surface area contributed by atoms with Crippen LogP contribution in [0.4, 0.5) is 11.4 Å². The molecule has 0 saturated heterocycles. The molecule has 0 aliphatic carbocycles. The maximum Gasteiger partial charge on any atom is 0.244 e. The van der Waals surface area contributed by atoms with E-state index >= 15 is 0 Å². The van der Waals surface area contributed by atoms with Crippen molar-refractivity contribution in [3.63, 3.8) is 0 Å². The van der Waals surface area contributed by atoms with Crippen LogP contribution in [0.5, 0.6) is 0 Å². The summed E-state index contributed by atoms with van der Waals surface area (Å²) >= 11 is 3.37. The minimum absolute atomic E-state index is 0.000925. The molecule has 6 heteroatoms. The minimum atomic E-state index is -0.432. The Morgan fingerprint density at radius 3 is 2.20 bits per heavy atom. The van der Waals surface area contributed by atoms with E-state index in [1.54, 1.807) is 14.0 Å². The van der Waals surface area contributed by atoms with Crippen LogP contribution in [0.3, 0.4) is 0 Å². The van der Waals surface area contributed by atoms with Crippen molar-refractivity contribution in [2.24, 2.45) is 0 Å². The smallest absolute Gasteiger partial charge is 0.244 e. The highest BCUT2D eigenvalue weighted by molar-refractivity contribution is 9.10. The van der Waals surface area contributed by atoms with Gasteiger partial charge in [0.1, 0.15) is 6.04 Å². The molecule has 0 radical (unpaired) electrons. The number of amides is 2. The number of aryl methyl sites for hydroxylation is 1. The van der Waals surface area contributed by atoms with Crippen LogP contribution in [0.15, 0.2) is 53.0 Å². The first-order valence-corrected chi connectivity index (χ1v) is 8.78. The Bertz CT molecular complexity index is 729. The van der Waals surface area contributed by atoms with E-state index in [0.717, 1.165) is 21.4 Å². The lowest BCUT2D eigenvalue weighted by Crippen LogP contribution is -2.42. The number of nitrogens with one attached hydrogen (secondary N) is 2. The molecular formula is C19H22BrN3O2. The van der Waals surface area contributed by atoms with E-state index in [9.17, 15) is 9.59 Å². The lowest BCUT2D eigenvalue weighted by molar-refractivity contribution is -0.133. The van der Waals surface area contributed by atoms with E-state index in [0.29, 0.717) is 0 Å². The average Bonchev–Trinajstić information content (AvgIpc) is 2.58. The first-order chi connectivity index (χ1) is 11.8. The zero-order valence-corrected chi connectivity index (χ0v) is 16.1. The number of carbonyl (C=O) groups is 2. The number of nitrogens with zero attached hydrogens (tertiary/aromatic N) is 1. The monoisotopic (exact) mass is 403 g/mol. The van der Waals surface area contributed by atoms with Crippen molar-refractivity contribution in [2.45, 2.75) is 19.9 Å². The summed E-state index contributed by atoms with van der Waals surface area (Å²) in [6, 6.07) is 14.7. The predicted octanol–water partition coefficient (Wildman–Crippen LogP) is 3.66. The van der Waals surface area contributed by atoms with Crippen molar-refractivity contribution in [2.75, 3.05) is 24.2 Å². The van der Waals surface area contributed by atoms with E-state index in [4.69, 9.17) is 0 Å². The largest absolute Gasteiger partial charge is 0.374 e. The van der Waals surface area contributed by atoms with Gasteiger partial charge in [-0.25, -0.2) is 0 Å². The summed E-state index contributed by atoms with van der Waals surface area (Å²) in [4.78, 5) is 25.9. The highest BCUT2D eigenvalue weighted by Gasteiger charge is 2.19. The molecular weight excluding hydrogens is 382 g/mol. The van der Waals surface area contributed by atoms with Crippen molar-refractivity contribution in [1.82, 2.24) is 4.90 Å². The molecule has 0 spiro atoms. The fourth-order valence-electron chi connectivity index (χ4n) is 2.32. The molecule has 0 aliphatic heterocycles. The van der Waals surface area contributed by atoms with Crippen molar-refractivity contribution in [3.8, 4) is 0 Å². The van der Waals surface area contributed by atoms with Crippen LogP contribution in [-0.2, 0) is 9.59 Å². The molecule has 0 unspecified atom stereocenters. The molecule has 2 aromatic carbocycles. The van der Waals surface area contributed by atoms with Crippen molar-refractivity contribution in [3.05, 3.63) is 58.6 Å². The van der Waals surface area contributed by atoms with Crippen molar-refractivity contribution < 1.29 is 9.59 Å². The molecule has 2 N–H and O–H groups in total. The van der Waals surface area contributed by atoms with Gasteiger partial charge in [0, 0.05) is 22.9 Å². The van der Waals surface area contributed by atoms with Gasteiger partial charge in [-0.3, -0.25) is 9.59 Å². The molecule has 132 valence electrons. The van der Waals surface area contributed by atoms with E-state index in [-0.39, 0.29) is 18.4 Å². The lowest BCUT2D eigenvalue weighted by atomic mass is 10.2. The van der Waals surface area contributed by atoms with Gasteiger partial charge in [0.15, 0.2) is 0 Å². The van der Waals surface area contributed by atoms with Crippen LogP contribution in [0.2, 0.25) is 0 Å². The quantitative estimate of drug-likeness (QED) is 0.773. The zero-order valence-electron chi connectivity index (χ0n) is 14.5. The average molecular weight is 404 g/mol. The van der Waals surface area contributed by atoms with Crippen LogP contribution < -0.4 is 10.6 Å². The van der Waals surface area contributed by atoms with E-state index < -0.39 is 6.04 Å². The third-order valence-electron chi connectivity index (χ3n) is 3.69. The lowest BCUT2D eigenvalue weighted by Gasteiger charge is -2.22. The second-order valence-electron chi connectivity index (χ2n) is 5.98. The van der Waals surface area contributed by atoms with Crippen LogP contribution in [0.25, 0.3) is 0 Å². The maximum atomic E-state index is 12.4. The Morgan fingerprint density at radius 2 is 1.60 bits per heavy atom. The third kappa shape index (κ3) is 5.90. The summed E-state index contributed by atoms with van der Waals surface area (Å²) in [5, 5.41) is 5.93. The number of benzene rings is 2. The Hall–Kier alpha value is -2.34. The molecule has 2 rings (SSSR count). The normalized spacial score (nSPS) is 11.5. The fourth-order valence-corrected chi connectivity index (χ4v) is 2.58. The van der Waals surface area contributed by atoms with Gasteiger partial charge in [-0.05, 0) is 50.2 Å². The van der Waals surface area contributed by atoms with Gasteiger partial charge in [0.25, 0.3) is 0 Å². The molecule has 0 saturated carbocycles. The van der Waals surface area contributed by atoms with E-state index in [2.05, 4.69) is 26.6 Å². The number of hydrogen-bond acceptors (Lipinski definition) is 3. The van der Waals surface area contributed by atoms with Crippen LogP contribution in [0.1, 0.15) is 12.5 Å². The maximum absolute atomic E-state index is 12.4. The number of anilines is 2. The van der Waals surface area contributed by atoms with Crippen LogP contribution >= 0.6 is 15.9 Å². The standard InChI is InChI=1S/C19H22BrN3O2/c1-13-4-8-17(9-5-13)22-18(24)12-23(3)19(25)14(2)21-16-10-6-15(20)7-11-16/h4-11,14,21H,12H2,1-3H3,(H,22,24)/t14-/m0/s1.